The van der Waals surface area contributed by atoms with Gasteiger partial charge in [0.1, 0.15) is 0 Å². The number of likely N-dealkylation sites (N-methyl/N-ethyl adjacent to an activating group) is 1. The molecular formula is C12H18ClN3O2. The fourth-order valence-corrected chi connectivity index (χ4v) is 2.10. The van der Waals surface area contributed by atoms with Crippen molar-refractivity contribution in [3.05, 3.63) is 33.9 Å². The summed E-state index contributed by atoms with van der Waals surface area (Å²) in [6.07, 6.45) is 0. The Labute approximate surface area is 113 Å². The lowest BCUT2D eigenvalue weighted by Gasteiger charge is -2.34. The number of hydrogen-bond acceptors (Lipinski definition) is 4. The average Bonchev–Trinajstić information content (AvgIpc) is 2.31. The Morgan fingerprint density at radius 2 is 1.83 bits per heavy atom. The summed E-state index contributed by atoms with van der Waals surface area (Å²) >= 11 is 0. The van der Waals surface area contributed by atoms with E-state index in [0.717, 1.165) is 37.4 Å². The Morgan fingerprint density at radius 3 is 2.39 bits per heavy atom. The lowest BCUT2D eigenvalue weighted by Crippen LogP contribution is -2.44. The number of piperazine rings is 1. The molecule has 0 aliphatic carbocycles. The second kappa shape index (κ2) is 6.02. The van der Waals surface area contributed by atoms with Gasteiger partial charge in [-0.15, -0.1) is 12.4 Å². The number of halogens is 1. The molecule has 0 radical (unpaired) electrons. The van der Waals surface area contributed by atoms with Gasteiger partial charge in [0, 0.05) is 44.0 Å². The van der Waals surface area contributed by atoms with E-state index in [1.165, 1.54) is 0 Å². The van der Waals surface area contributed by atoms with Gasteiger partial charge in [-0.2, -0.15) is 0 Å². The highest BCUT2D eigenvalue weighted by atomic mass is 35.5. The van der Waals surface area contributed by atoms with Gasteiger partial charge >= 0.3 is 0 Å². The third-order valence-corrected chi connectivity index (χ3v) is 3.25. The van der Waals surface area contributed by atoms with Gasteiger partial charge in [-0.25, -0.2) is 0 Å². The van der Waals surface area contributed by atoms with E-state index in [4.69, 9.17) is 0 Å². The van der Waals surface area contributed by atoms with E-state index in [2.05, 4.69) is 16.8 Å². The second-order valence-corrected chi connectivity index (χ2v) is 4.52. The summed E-state index contributed by atoms with van der Waals surface area (Å²) in [6, 6.07) is 5.07. The summed E-state index contributed by atoms with van der Waals surface area (Å²) in [5.74, 6) is 0. The number of benzene rings is 1. The number of anilines is 1. The molecule has 5 nitrogen and oxygen atoms in total. The summed E-state index contributed by atoms with van der Waals surface area (Å²) in [4.78, 5) is 14.9. The van der Waals surface area contributed by atoms with Crippen LogP contribution in [0.15, 0.2) is 18.2 Å². The van der Waals surface area contributed by atoms with E-state index < -0.39 is 0 Å². The van der Waals surface area contributed by atoms with Crippen molar-refractivity contribution in [2.75, 3.05) is 38.1 Å². The standard InChI is InChI=1S/C12H17N3O2.ClH/c1-10-3-4-11(15(16)17)9-12(10)14-7-5-13(2)6-8-14;/h3-4,9H,5-8H2,1-2H3;1H. The molecule has 0 unspecified atom stereocenters. The van der Waals surface area contributed by atoms with Crippen molar-refractivity contribution in [1.29, 1.82) is 0 Å². The van der Waals surface area contributed by atoms with Gasteiger partial charge in [0.2, 0.25) is 0 Å². The van der Waals surface area contributed by atoms with Crippen LogP contribution in [0.2, 0.25) is 0 Å². The lowest BCUT2D eigenvalue weighted by atomic mass is 10.1. The topological polar surface area (TPSA) is 49.6 Å². The first-order valence-electron chi connectivity index (χ1n) is 5.76. The third kappa shape index (κ3) is 3.11. The Kier molecular flexibility index (Phi) is 4.93. The SMILES string of the molecule is Cc1ccc([N+](=O)[O-])cc1N1CCN(C)CC1.Cl. The van der Waals surface area contributed by atoms with Crippen molar-refractivity contribution in [1.82, 2.24) is 4.90 Å². The number of rotatable bonds is 2. The molecule has 1 aromatic carbocycles. The van der Waals surface area contributed by atoms with Gasteiger partial charge in [0.25, 0.3) is 5.69 Å². The van der Waals surface area contributed by atoms with Gasteiger partial charge in [-0.05, 0) is 19.5 Å². The summed E-state index contributed by atoms with van der Waals surface area (Å²) in [5, 5.41) is 10.8. The maximum absolute atomic E-state index is 10.8. The number of hydrogen-bond donors (Lipinski definition) is 0. The predicted molar refractivity (Wildman–Crippen MR) is 74.8 cm³/mol. The van der Waals surface area contributed by atoms with Gasteiger partial charge < -0.3 is 9.80 Å². The molecule has 0 bridgehead atoms. The molecule has 2 rings (SSSR count). The summed E-state index contributed by atoms with van der Waals surface area (Å²) in [5.41, 5.74) is 2.26. The molecule has 0 spiro atoms. The van der Waals surface area contributed by atoms with E-state index in [1.54, 1.807) is 12.1 Å². The van der Waals surface area contributed by atoms with Gasteiger partial charge in [-0.1, -0.05) is 6.07 Å². The van der Waals surface area contributed by atoms with Crippen LogP contribution in [0.4, 0.5) is 11.4 Å². The van der Waals surface area contributed by atoms with Crippen LogP contribution in [0.5, 0.6) is 0 Å². The molecule has 18 heavy (non-hydrogen) atoms. The van der Waals surface area contributed by atoms with Crippen LogP contribution in [0.25, 0.3) is 0 Å². The smallest absolute Gasteiger partial charge is 0.271 e. The largest absolute Gasteiger partial charge is 0.369 e. The van der Waals surface area contributed by atoms with E-state index in [-0.39, 0.29) is 23.0 Å². The maximum atomic E-state index is 10.8. The predicted octanol–water partition coefficient (Wildman–Crippen LogP) is 2.08. The van der Waals surface area contributed by atoms with E-state index in [9.17, 15) is 10.1 Å². The Bertz CT molecular complexity index is 431. The number of nitrogens with zero attached hydrogens (tertiary/aromatic N) is 3. The number of aryl methyl sites for hydroxylation is 1. The molecule has 0 saturated carbocycles. The number of non-ortho nitro benzene ring substituents is 1. The summed E-state index contributed by atoms with van der Waals surface area (Å²) < 4.78 is 0. The highest BCUT2D eigenvalue weighted by molar-refractivity contribution is 5.85. The van der Waals surface area contributed by atoms with E-state index in [0.29, 0.717) is 0 Å². The molecule has 1 saturated heterocycles. The molecule has 0 N–H and O–H groups in total. The van der Waals surface area contributed by atoms with Crippen LogP contribution in [0.1, 0.15) is 5.56 Å². The van der Waals surface area contributed by atoms with Crippen molar-refractivity contribution in [3.63, 3.8) is 0 Å². The van der Waals surface area contributed by atoms with Crippen molar-refractivity contribution in [2.45, 2.75) is 6.92 Å². The van der Waals surface area contributed by atoms with E-state index in [1.807, 2.05) is 13.0 Å². The average molecular weight is 272 g/mol. The second-order valence-electron chi connectivity index (χ2n) is 4.52. The fraction of sp³-hybridized carbons (Fsp3) is 0.500. The molecule has 6 heteroatoms. The highest BCUT2D eigenvalue weighted by Crippen LogP contribution is 2.26. The van der Waals surface area contributed by atoms with Crippen LogP contribution < -0.4 is 4.90 Å². The molecule has 1 heterocycles. The minimum absolute atomic E-state index is 0. The van der Waals surface area contributed by atoms with Gasteiger partial charge in [-0.3, -0.25) is 10.1 Å². The Balaban J connectivity index is 0.00000162. The Hall–Kier alpha value is -1.33. The first kappa shape index (κ1) is 14.7. The minimum Gasteiger partial charge on any atom is -0.369 e. The van der Waals surface area contributed by atoms with Crippen LogP contribution in [0, 0.1) is 17.0 Å². The number of nitro benzene ring substituents is 1. The minimum atomic E-state index is -0.334. The van der Waals surface area contributed by atoms with Gasteiger partial charge in [0.05, 0.1) is 4.92 Å². The molecule has 0 atom stereocenters. The van der Waals surface area contributed by atoms with Crippen LogP contribution in [0.3, 0.4) is 0 Å². The monoisotopic (exact) mass is 271 g/mol. The molecular weight excluding hydrogens is 254 g/mol. The van der Waals surface area contributed by atoms with Crippen LogP contribution >= 0.6 is 12.4 Å². The maximum Gasteiger partial charge on any atom is 0.271 e. The van der Waals surface area contributed by atoms with Crippen molar-refractivity contribution in [3.8, 4) is 0 Å². The van der Waals surface area contributed by atoms with Gasteiger partial charge in [0.15, 0.2) is 0 Å². The zero-order chi connectivity index (χ0) is 12.4. The Morgan fingerprint density at radius 1 is 1.22 bits per heavy atom. The van der Waals surface area contributed by atoms with Crippen LogP contribution in [-0.2, 0) is 0 Å². The lowest BCUT2D eigenvalue weighted by molar-refractivity contribution is -0.384. The third-order valence-electron chi connectivity index (χ3n) is 3.25. The molecule has 0 aromatic heterocycles. The van der Waals surface area contributed by atoms with Crippen molar-refractivity contribution >= 4 is 23.8 Å². The summed E-state index contributed by atoms with van der Waals surface area (Å²) in [7, 11) is 2.09. The van der Waals surface area contributed by atoms with Crippen molar-refractivity contribution in [2.24, 2.45) is 0 Å². The quantitative estimate of drug-likeness (QED) is 0.610. The normalized spacial score (nSPS) is 16.2. The molecule has 1 aliphatic heterocycles. The molecule has 0 amide bonds. The zero-order valence-corrected chi connectivity index (χ0v) is 11.4. The van der Waals surface area contributed by atoms with Crippen LogP contribution in [-0.4, -0.2) is 43.0 Å². The zero-order valence-electron chi connectivity index (χ0n) is 10.6. The molecule has 100 valence electrons. The van der Waals surface area contributed by atoms with Crippen molar-refractivity contribution < 1.29 is 4.92 Å². The first-order valence-corrected chi connectivity index (χ1v) is 5.76. The molecule has 1 aromatic rings. The van der Waals surface area contributed by atoms with E-state index >= 15 is 0 Å². The first-order chi connectivity index (χ1) is 8.08. The highest BCUT2D eigenvalue weighted by Gasteiger charge is 2.18. The fourth-order valence-electron chi connectivity index (χ4n) is 2.10. The molecule has 1 fully saturated rings. The molecule has 1 aliphatic rings. The number of nitro groups is 1. The summed E-state index contributed by atoms with van der Waals surface area (Å²) in [6.45, 7) is 5.86.